The zero-order valence-corrected chi connectivity index (χ0v) is 11.6. The highest BCUT2D eigenvalue weighted by molar-refractivity contribution is 5.96. The number of amides is 2. The Morgan fingerprint density at radius 2 is 1.90 bits per heavy atom. The second-order valence-electron chi connectivity index (χ2n) is 4.73. The van der Waals surface area contributed by atoms with Gasteiger partial charge in [0.15, 0.2) is 0 Å². The van der Waals surface area contributed by atoms with Crippen LogP contribution in [-0.4, -0.2) is 60.0 Å². The van der Waals surface area contributed by atoms with E-state index in [1.807, 2.05) is 0 Å². The summed E-state index contributed by atoms with van der Waals surface area (Å²) in [6.45, 7) is 1.59. The summed E-state index contributed by atoms with van der Waals surface area (Å²) >= 11 is 0. The van der Waals surface area contributed by atoms with Crippen molar-refractivity contribution >= 4 is 17.7 Å². The summed E-state index contributed by atoms with van der Waals surface area (Å²) in [6, 6.07) is 5.51. The van der Waals surface area contributed by atoms with Gasteiger partial charge in [0, 0.05) is 25.4 Å². The smallest absolute Gasteiger partial charge is 0.325 e. The molecule has 0 radical (unpaired) electrons. The average molecular weight is 294 g/mol. The highest BCUT2D eigenvalue weighted by Gasteiger charge is 2.25. The normalized spacial score (nSPS) is 15.3. The molecule has 7 heteroatoms. The maximum Gasteiger partial charge on any atom is 0.325 e. The molecule has 2 amide bonds. The van der Waals surface area contributed by atoms with Crippen molar-refractivity contribution in [3.8, 4) is 5.75 Å². The van der Waals surface area contributed by atoms with Gasteiger partial charge in [0.2, 0.25) is 0 Å². The van der Waals surface area contributed by atoms with Gasteiger partial charge in [-0.2, -0.15) is 0 Å². The Bertz CT molecular complexity index is 495. The van der Waals surface area contributed by atoms with Crippen molar-refractivity contribution in [3.05, 3.63) is 24.3 Å². The number of carbonyl (C=O) groups excluding carboxylic acids is 1. The van der Waals surface area contributed by atoms with E-state index < -0.39 is 12.5 Å². The zero-order chi connectivity index (χ0) is 15.2. The van der Waals surface area contributed by atoms with Crippen molar-refractivity contribution < 1.29 is 24.5 Å². The maximum absolute atomic E-state index is 12.5. The van der Waals surface area contributed by atoms with Crippen molar-refractivity contribution in [1.29, 1.82) is 0 Å². The highest BCUT2D eigenvalue weighted by atomic mass is 16.5. The minimum Gasteiger partial charge on any atom is -0.508 e. The molecular weight excluding hydrogens is 276 g/mol. The molecule has 1 aliphatic heterocycles. The van der Waals surface area contributed by atoms with Crippen LogP contribution in [0.3, 0.4) is 0 Å². The summed E-state index contributed by atoms with van der Waals surface area (Å²) < 4.78 is 5.30. The van der Waals surface area contributed by atoms with E-state index >= 15 is 0 Å². The van der Waals surface area contributed by atoms with Crippen molar-refractivity contribution in [3.63, 3.8) is 0 Å². The van der Waals surface area contributed by atoms with Crippen LogP contribution in [0.5, 0.6) is 5.75 Å². The van der Waals surface area contributed by atoms with Gasteiger partial charge < -0.3 is 19.8 Å². The predicted molar refractivity (Wildman–Crippen MR) is 75.5 cm³/mol. The lowest BCUT2D eigenvalue weighted by molar-refractivity contribution is -0.135. The molecule has 0 atom stereocenters. The number of hydrogen-bond donors (Lipinski definition) is 2. The number of benzene rings is 1. The van der Waals surface area contributed by atoms with E-state index in [-0.39, 0.29) is 11.8 Å². The molecule has 21 heavy (non-hydrogen) atoms. The van der Waals surface area contributed by atoms with Gasteiger partial charge in [0.05, 0.1) is 6.61 Å². The van der Waals surface area contributed by atoms with E-state index in [1.54, 1.807) is 4.90 Å². The number of phenolic OH excluding ortho intramolecular Hbond substituents is 1. The highest BCUT2D eigenvalue weighted by Crippen LogP contribution is 2.20. The Kier molecular flexibility index (Phi) is 4.99. The number of carboxylic acids is 1. The third-order valence-corrected chi connectivity index (χ3v) is 3.18. The van der Waals surface area contributed by atoms with Crippen molar-refractivity contribution in [2.75, 3.05) is 37.7 Å². The van der Waals surface area contributed by atoms with Crippen LogP contribution in [-0.2, 0) is 9.53 Å². The molecule has 1 heterocycles. The summed E-state index contributed by atoms with van der Waals surface area (Å²) in [7, 11) is 0. The first-order valence-corrected chi connectivity index (χ1v) is 6.73. The molecule has 0 aromatic heterocycles. The van der Waals surface area contributed by atoms with Gasteiger partial charge in [0.1, 0.15) is 12.3 Å². The maximum atomic E-state index is 12.5. The van der Waals surface area contributed by atoms with Gasteiger partial charge in [0.25, 0.3) is 0 Å². The number of carbonyl (C=O) groups is 2. The molecule has 0 aliphatic carbocycles. The average Bonchev–Trinajstić information content (AvgIpc) is 2.74. The third-order valence-electron chi connectivity index (χ3n) is 3.18. The number of anilines is 1. The SMILES string of the molecule is O=C(O)CN(C(=O)N1CCCOCC1)c1ccc(O)cc1. The van der Waals surface area contributed by atoms with E-state index in [9.17, 15) is 14.7 Å². The Morgan fingerprint density at radius 3 is 2.57 bits per heavy atom. The van der Waals surface area contributed by atoms with Crippen LogP contribution in [0.25, 0.3) is 0 Å². The quantitative estimate of drug-likeness (QED) is 0.872. The number of ether oxygens (including phenoxy) is 1. The number of carboxylic acid groups (broad SMARTS) is 1. The first kappa shape index (κ1) is 15.1. The molecule has 2 rings (SSSR count). The van der Waals surface area contributed by atoms with E-state index in [0.717, 1.165) is 6.42 Å². The van der Waals surface area contributed by atoms with Gasteiger partial charge in [-0.05, 0) is 30.7 Å². The van der Waals surface area contributed by atoms with Crippen LogP contribution in [0.2, 0.25) is 0 Å². The van der Waals surface area contributed by atoms with Crippen molar-refractivity contribution in [2.45, 2.75) is 6.42 Å². The van der Waals surface area contributed by atoms with Gasteiger partial charge in [-0.15, -0.1) is 0 Å². The first-order chi connectivity index (χ1) is 10.1. The number of aliphatic carboxylic acids is 1. The van der Waals surface area contributed by atoms with E-state index in [1.165, 1.54) is 29.2 Å². The topological polar surface area (TPSA) is 90.3 Å². The molecule has 0 unspecified atom stereocenters. The molecule has 0 spiro atoms. The van der Waals surface area contributed by atoms with Crippen LogP contribution in [0.15, 0.2) is 24.3 Å². The first-order valence-electron chi connectivity index (χ1n) is 6.73. The Balaban J connectivity index is 2.19. The van der Waals surface area contributed by atoms with Crippen LogP contribution in [0.4, 0.5) is 10.5 Å². The summed E-state index contributed by atoms with van der Waals surface area (Å²) in [5.74, 6) is -1.04. The Labute approximate surface area is 122 Å². The second-order valence-corrected chi connectivity index (χ2v) is 4.73. The molecular formula is C14H18N2O5. The largest absolute Gasteiger partial charge is 0.508 e. The number of rotatable bonds is 3. The fourth-order valence-corrected chi connectivity index (χ4v) is 2.15. The molecule has 1 aromatic carbocycles. The third kappa shape index (κ3) is 4.09. The predicted octanol–water partition coefficient (Wildman–Crippen LogP) is 1.13. The minimum absolute atomic E-state index is 0.0599. The fourth-order valence-electron chi connectivity index (χ4n) is 2.15. The summed E-state index contributed by atoms with van der Waals surface area (Å²) in [6.07, 6.45) is 0.724. The molecule has 1 fully saturated rings. The molecule has 0 bridgehead atoms. The fraction of sp³-hybridized carbons (Fsp3) is 0.429. The van der Waals surface area contributed by atoms with Gasteiger partial charge in [-0.25, -0.2) is 4.79 Å². The number of nitrogens with zero attached hydrogens (tertiary/aromatic N) is 2. The lowest BCUT2D eigenvalue weighted by Crippen LogP contribution is -2.46. The van der Waals surface area contributed by atoms with Crippen LogP contribution >= 0.6 is 0 Å². The number of aromatic hydroxyl groups is 1. The molecule has 114 valence electrons. The standard InChI is InChI=1S/C14H18N2O5/c17-12-4-2-11(3-5-12)16(10-13(18)19)14(20)15-6-1-8-21-9-7-15/h2-5,17H,1,6-10H2,(H,18,19). The lowest BCUT2D eigenvalue weighted by Gasteiger charge is -2.28. The molecule has 1 aliphatic rings. The van der Waals surface area contributed by atoms with E-state index in [0.29, 0.717) is 32.0 Å². The Hall–Kier alpha value is -2.28. The summed E-state index contributed by atoms with van der Waals surface area (Å²) in [5.41, 5.74) is 0.436. The van der Waals surface area contributed by atoms with E-state index in [2.05, 4.69) is 0 Å². The van der Waals surface area contributed by atoms with Crippen LogP contribution in [0, 0.1) is 0 Å². The van der Waals surface area contributed by atoms with E-state index in [4.69, 9.17) is 9.84 Å². The number of phenols is 1. The summed E-state index contributed by atoms with van der Waals surface area (Å²) in [5, 5.41) is 18.3. The molecule has 2 N–H and O–H groups in total. The van der Waals surface area contributed by atoms with Gasteiger partial charge >= 0.3 is 12.0 Å². The zero-order valence-electron chi connectivity index (χ0n) is 11.6. The molecule has 7 nitrogen and oxygen atoms in total. The second kappa shape index (κ2) is 6.94. The molecule has 0 saturated carbocycles. The van der Waals surface area contributed by atoms with Gasteiger partial charge in [-0.1, -0.05) is 0 Å². The van der Waals surface area contributed by atoms with Crippen LogP contribution in [0.1, 0.15) is 6.42 Å². The lowest BCUT2D eigenvalue weighted by atomic mass is 10.2. The van der Waals surface area contributed by atoms with Gasteiger partial charge in [-0.3, -0.25) is 9.69 Å². The minimum atomic E-state index is -1.09. The van der Waals surface area contributed by atoms with Crippen LogP contribution < -0.4 is 4.90 Å². The molecule has 1 aromatic rings. The monoisotopic (exact) mass is 294 g/mol. The number of hydrogen-bond acceptors (Lipinski definition) is 4. The summed E-state index contributed by atoms with van der Waals surface area (Å²) in [4.78, 5) is 26.3. The van der Waals surface area contributed by atoms with Crippen molar-refractivity contribution in [2.24, 2.45) is 0 Å². The molecule has 1 saturated heterocycles. The number of urea groups is 1. The Morgan fingerprint density at radius 1 is 1.19 bits per heavy atom. The van der Waals surface area contributed by atoms with Crippen molar-refractivity contribution in [1.82, 2.24) is 4.90 Å².